The van der Waals surface area contributed by atoms with Crippen molar-refractivity contribution in [2.75, 3.05) is 0 Å². The number of aliphatic hydroxyl groups excluding tert-OH is 1. The maximum absolute atomic E-state index is 11.9. The van der Waals surface area contributed by atoms with E-state index in [9.17, 15) is 9.90 Å². The topological polar surface area (TPSA) is 49.3 Å². The van der Waals surface area contributed by atoms with Gasteiger partial charge in [-0.05, 0) is 59.7 Å². The van der Waals surface area contributed by atoms with E-state index in [2.05, 4.69) is 27.9 Å². The van der Waals surface area contributed by atoms with Crippen molar-refractivity contribution in [2.24, 2.45) is 0 Å². The zero-order chi connectivity index (χ0) is 12.3. The summed E-state index contributed by atoms with van der Waals surface area (Å²) in [5.41, 5.74) is 0.656. The third-order valence-electron chi connectivity index (χ3n) is 3.15. The van der Waals surface area contributed by atoms with Crippen molar-refractivity contribution in [2.45, 2.75) is 37.8 Å². The number of hydrogen-bond acceptors (Lipinski definition) is 2. The standard InChI is InChI=1S/C13H16INO2/c14-10-7-5-9(6-8-10)13(17)15-11-3-1-2-4-12(11)16/h5-8,11-12,16H,1-4H2,(H,15,17)/t11-,12-/m1/s1. The van der Waals surface area contributed by atoms with E-state index in [0.29, 0.717) is 5.56 Å². The van der Waals surface area contributed by atoms with E-state index in [-0.39, 0.29) is 11.9 Å². The van der Waals surface area contributed by atoms with E-state index in [1.165, 1.54) is 0 Å². The highest BCUT2D eigenvalue weighted by molar-refractivity contribution is 14.1. The van der Waals surface area contributed by atoms with Gasteiger partial charge in [-0.15, -0.1) is 0 Å². The number of halogens is 1. The predicted octanol–water partition coefficient (Wildman–Crippen LogP) is 2.32. The number of carbonyl (C=O) groups is 1. The first-order valence-corrected chi connectivity index (χ1v) is 6.99. The van der Waals surface area contributed by atoms with Gasteiger partial charge < -0.3 is 10.4 Å². The highest BCUT2D eigenvalue weighted by Crippen LogP contribution is 2.18. The molecule has 0 saturated heterocycles. The summed E-state index contributed by atoms with van der Waals surface area (Å²) in [6.07, 6.45) is 3.40. The summed E-state index contributed by atoms with van der Waals surface area (Å²) < 4.78 is 1.11. The summed E-state index contributed by atoms with van der Waals surface area (Å²) >= 11 is 2.21. The molecule has 1 aliphatic carbocycles. The Kier molecular flexibility index (Phi) is 4.39. The van der Waals surface area contributed by atoms with Crippen LogP contribution in [-0.4, -0.2) is 23.2 Å². The maximum atomic E-state index is 11.9. The molecule has 1 saturated carbocycles. The first-order chi connectivity index (χ1) is 8.16. The van der Waals surface area contributed by atoms with Gasteiger partial charge in [0, 0.05) is 9.13 Å². The van der Waals surface area contributed by atoms with Crippen LogP contribution in [0.3, 0.4) is 0 Å². The molecule has 0 aromatic heterocycles. The van der Waals surface area contributed by atoms with E-state index in [4.69, 9.17) is 0 Å². The van der Waals surface area contributed by atoms with Crippen LogP contribution in [-0.2, 0) is 0 Å². The quantitative estimate of drug-likeness (QED) is 0.809. The van der Waals surface area contributed by atoms with Crippen LogP contribution >= 0.6 is 22.6 Å². The minimum atomic E-state index is -0.392. The van der Waals surface area contributed by atoms with Gasteiger partial charge in [0.05, 0.1) is 12.1 Å². The second kappa shape index (κ2) is 5.82. The zero-order valence-corrected chi connectivity index (χ0v) is 11.7. The Labute approximate surface area is 115 Å². The fraction of sp³-hybridized carbons (Fsp3) is 0.462. The average Bonchev–Trinajstić information content (AvgIpc) is 2.33. The molecule has 0 heterocycles. The van der Waals surface area contributed by atoms with E-state index in [0.717, 1.165) is 29.3 Å². The summed E-state index contributed by atoms with van der Waals surface area (Å²) in [4.78, 5) is 11.9. The summed E-state index contributed by atoms with van der Waals surface area (Å²) in [6, 6.07) is 7.36. The monoisotopic (exact) mass is 345 g/mol. The number of benzene rings is 1. The fourth-order valence-corrected chi connectivity index (χ4v) is 2.49. The van der Waals surface area contributed by atoms with Gasteiger partial charge in [-0.2, -0.15) is 0 Å². The molecule has 1 aliphatic rings. The second-order valence-electron chi connectivity index (χ2n) is 4.44. The van der Waals surface area contributed by atoms with Crippen molar-refractivity contribution >= 4 is 28.5 Å². The van der Waals surface area contributed by atoms with Gasteiger partial charge in [-0.1, -0.05) is 12.8 Å². The predicted molar refractivity (Wildman–Crippen MR) is 74.9 cm³/mol. The van der Waals surface area contributed by atoms with Gasteiger partial charge in [0.1, 0.15) is 0 Å². The van der Waals surface area contributed by atoms with Gasteiger partial charge in [0.15, 0.2) is 0 Å². The Bertz CT molecular complexity index is 391. The molecule has 2 atom stereocenters. The molecule has 0 spiro atoms. The lowest BCUT2D eigenvalue weighted by molar-refractivity contribution is 0.0717. The number of aliphatic hydroxyl groups is 1. The Balaban J connectivity index is 1.98. The van der Waals surface area contributed by atoms with Crippen molar-refractivity contribution in [3.63, 3.8) is 0 Å². The van der Waals surface area contributed by atoms with Crippen LogP contribution in [0.2, 0.25) is 0 Å². The summed E-state index contributed by atoms with van der Waals surface area (Å²) in [6.45, 7) is 0. The minimum Gasteiger partial charge on any atom is -0.391 e. The molecule has 1 amide bonds. The SMILES string of the molecule is O=C(N[C@@H]1CCCC[C@H]1O)c1ccc(I)cc1. The van der Waals surface area contributed by atoms with Crippen molar-refractivity contribution < 1.29 is 9.90 Å². The first-order valence-electron chi connectivity index (χ1n) is 5.91. The summed E-state index contributed by atoms with van der Waals surface area (Å²) in [5.74, 6) is -0.0904. The molecule has 0 bridgehead atoms. The average molecular weight is 345 g/mol. The van der Waals surface area contributed by atoms with E-state index in [1.807, 2.05) is 24.3 Å². The number of carbonyl (C=O) groups excluding carboxylic acids is 1. The number of rotatable bonds is 2. The molecule has 0 aliphatic heterocycles. The smallest absolute Gasteiger partial charge is 0.251 e. The van der Waals surface area contributed by atoms with Crippen LogP contribution in [0.25, 0.3) is 0 Å². The summed E-state index contributed by atoms with van der Waals surface area (Å²) in [7, 11) is 0. The maximum Gasteiger partial charge on any atom is 0.251 e. The Morgan fingerprint density at radius 3 is 2.53 bits per heavy atom. The second-order valence-corrected chi connectivity index (χ2v) is 5.68. The van der Waals surface area contributed by atoms with Gasteiger partial charge in [0.25, 0.3) is 5.91 Å². The third-order valence-corrected chi connectivity index (χ3v) is 3.87. The van der Waals surface area contributed by atoms with Crippen LogP contribution in [0.5, 0.6) is 0 Å². The van der Waals surface area contributed by atoms with Crippen LogP contribution in [0.1, 0.15) is 36.0 Å². The lowest BCUT2D eigenvalue weighted by Crippen LogP contribution is -2.45. The van der Waals surface area contributed by atoms with Crippen molar-refractivity contribution in [1.29, 1.82) is 0 Å². The Morgan fingerprint density at radius 2 is 1.88 bits per heavy atom. The van der Waals surface area contributed by atoms with Crippen LogP contribution < -0.4 is 5.32 Å². The third kappa shape index (κ3) is 3.42. The molecule has 4 heteroatoms. The highest BCUT2D eigenvalue weighted by atomic mass is 127. The molecule has 0 radical (unpaired) electrons. The zero-order valence-electron chi connectivity index (χ0n) is 9.53. The fourth-order valence-electron chi connectivity index (χ4n) is 2.13. The molecule has 3 nitrogen and oxygen atoms in total. The lowest BCUT2D eigenvalue weighted by Gasteiger charge is -2.28. The first kappa shape index (κ1) is 12.8. The minimum absolute atomic E-state index is 0.0875. The van der Waals surface area contributed by atoms with Crippen molar-refractivity contribution in [1.82, 2.24) is 5.32 Å². The van der Waals surface area contributed by atoms with Crippen LogP contribution in [0, 0.1) is 3.57 Å². The number of amides is 1. The highest BCUT2D eigenvalue weighted by Gasteiger charge is 2.24. The molecule has 92 valence electrons. The van der Waals surface area contributed by atoms with Gasteiger partial charge in [-0.25, -0.2) is 0 Å². The van der Waals surface area contributed by atoms with Crippen LogP contribution in [0.15, 0.2) is 24.3 Å². The Hall–Kier alpha value is -0.620. The molecular formula is C13H16INO2. The Morgan fingerprint density at radius 1 is 1.24 bits per heavy atom. The molecular weight excluding hydrogens is 329 g/mol. The molecule has 17 heavy (non-hydrogen) atoms. The lowest BCUT2D eigenvalue weighted by atomic mass is 9.92. The molecule has 1 aromatic carbocycles. The molecule has 0 unspecified atom stereocenters. The van der Waals surface area contributed by atoms with Crippen molar-refractivity contribution in [3.05, 3.63) is 33.4 Å². The van der Waals surface area contributed by atoms with Crippen LogP contribution in [0.4, 0.5) is 0 Å². The molecule has 1 fully saturated rings. The van der Waals surface area contributed by atoms with Gasteiger partial charge in [-0.3, -0.25) is 4.79 Å². The van der Waals surface area contributed by atoms with E-state index < -0.39 is 6.10 Å². The summed E-state index contributed by atoms with van der Waals surface area (Å²) in [5, 5.41) is 12.7. The van der Waals surface area contributed by atoms with Crippen molar-refractivity contribution in [3.8, 4) is 0 Å². The van der Waals surface area contributed by atoms with E-state index in [1.54, 1.807) is 0 Å². The number of nitrogens with one attached hydrogen (secondary N) is 1. The molecule has 2 rings (SSSR count). The largest absolute Gasteiger partial charge is 0.391 e. The van der Waals surface area contributed by atoms with E-state index >= 15 is 0 Å². The van der Waals surface area contributed by atoms with Gasteiger partial charge >= 0.3 is 0 Å². The number of hydrogen-bond donors (Lipinski definition) is 2. The molecule has 1 aromatic rings. The molecule has 2 N–H and O–H groups in total. The van der Waals surface area contributed by atoms with Gasteiger partial charge in [0.2, 0.25) is 0 Å². The normalized spacial score (nSPS) is 24.4.